The molecule has 0 bridgehead atoms. The molecule has 4 heterocycles. The fourth-order valence-electron chi connectivity index (χ4n) is 19.5. The van der Waals surface area contributed by atoms with Crippen LogP contribution >= 0.6 is 104 Å². The Hall–Kier alpha value is -3.66. The van der Waals surface area contributed by atoms with Gasteiger partial charge in [0.15, 0.2) is 0 Å². The number of ether oxygens (including phenoxy) is 2. The Balaban J connectivity index is 0.000000209. The number of thiophene rings is 2. The summed E-state index contributed by atoms with van der Waals surface area (Å²) < 4.78 is 42.0. The molecule has 13 rings (SSSR count). The summed E-state index contributed by atoms with van der Waals surface area (Å²) in [7, 11) is 0.936. The topological polar surface area (TPSA) is 58.6 Å². The Bertz CT molecular complexity index is 4800. The molecule has 2 aliphatic carbocycles. The van der Waals surface area contributed by atoms with Crippen molar-refractivity contribution in [3.05, 3.63) is 223 Å². The van der Waals surface area contributed by atoms with Crippen LogP contribution in [0.3, 0.4) is 0 Å². The van der Waals surface area contributed by atoms with Crippen molar-refractivity contribution in [2.45, 2.75) is 369 Å². The van der Waals surface area contributed by atoms with Crippen molar-refractivity contribution in [2.75, 3.05) is 18.6 Å². The summed E-state index contributed by atoms with van der Waals surface area (Å²) in [6.45, 7) is 38.2. The van der Waals surface area contributed by atoms with Crippen LogP contribution in [-0.2, 0) is 29.4 Å². The van der Waals surface area contributed by atoms with Crippen LogP contribution in [0, 0.1) is 11.8 Å². The summed E-state index contributed by atoms with van der Waals surface area (Å²) in [5.74, 6) is 3.68. The van der Waals surface area contributed by atoms with Gasteiger partial charge in [0, 0.05) is 57.7 Å². The van der Waals surface area contributed by atoms with Crippen LogP contribution in [-0.4, -0.2) is 71.2 Å². The Morgan fingerprint density at radius 3 is 1.08 bits per heavy atom. The second kappa shape index (κ2) is 53.8. The average Bonchev–Trinajstić information content (AvgIpc) is 1.53. The summed E-state index contributed by atoms with van der Waals surface area (Å²) in [6, 6.07) is 58.7. The molecule has 0 amide bonds. The number of benzene rings is 7. The van der Waals surface area contributed by atoms with Gasteiger partial charge >= 0.3 is 53.0 Å². The predicted molar refractivity (Wildman–Crippen MR) is 602 cm³/mol. The molecule has 132 heavy (non-hydrogen) atoms. The van der Waals surface area contributed by atoms with Crippen LogP contribution in [0.4, 0.5) is 17.1 Å². The molecule has 9 aromatic rings. The van der Waals surface area contributed by atoms with E-state index in [0.717, 1.165) is 76.9 Å². The van der Waals surface area contributed by atoms with Crippen LogP contribution in [0.5, 0.6) is 11.5 Å². The number of hydrogen-bond acceptors (Lipinski definition) is 9. The number of fused-ring (bicyclic) bond motifs is 6. The van der Waals surface area contributed by atoms with Gasteiger partial charge in [0.25, 0.3) is 0 Å². The average molecular weight is 2390 g/mol. The number of hydrogen-bond donors (Lipinski definition) is 0. The first-order valence-electron chi connectivity index (χ1n) is 50.4. The van der Waals surface area contributed by atoms with Gasteiger partial charge in [-0.3, -0.25) is 0 Å². The normalized spacial score (nSPS) is 16.0. The van der Waals surface area contributed by atoms with Crippen LogP contribution < -0.4 is 25.3 Å². The van der Waals surface area contributed by atoms with Crippen LogP contribution in [0.2, 0.25) is 0 Å². The third kappa shape index (κ3) is 29.7. The first-order valence-corrected chi connectivity index (χ1v) is 65.0. The fraction of sp³-hybridized carbons (Fsp3) is 0.530. The quantitative estimate of drug-likeness (QED) is 0.0214. The molecule has 2 fully saturated rings. The van der Waals surface area contributed by atoms with Gasteiger partial charge < -0.3 is 33.0 Å². The molecule has 2 atom stereocenters. The summed E-state index contributed by atoms with van der Waals surface area (Å²) in [5, 5.41) is 0. The van der Waals surface area contributed by atoms with Crippen molar-refractivity contribution in [3.8, 4) is 33.8 Å². The van der Waals surface area contributed by atoms with E-state index < -0.39 is 14.2 Å². The van der Waals surface area contributed by atoms with Crippen molar-refractivity contribution in [1.82, 2.24) is 0 Å². The second-order valence-electron chi connectivity index (χ2n) is 40.3. The van der Waals surface area contributed by atoms with E-state index >= 15 is 0 Å². The van der Waals surface area contributed by atoms with Gasteiger partial charge in [-0.15, -0.1) is 22.7 Å². The SMILES string of the molecule is CCC(C)c1ccc(N(c2ccc(B3OC(C)(C)C(C)(C)O3)cc2)c2ccc(B3OC(C)(C)C(C)(C)O3)cc2)cc1.CCCCCCCCC1(CCCCCCCC)c2cc(Br)ccc2-c2cc3c(cc21)-c1ccc(Br)cc1C3(CCCCCCCC)CCCCCCCC.COc1cc(/C=C/c2ccc(Br)s2)c(OCCC(C)CCCC(C)C)cc1/C=C/c1ccc(Br)s1.[I][PoH]. The molecule has 0 N–H and O–H groups in total. The maximum atomic E-state index is 6.37. The van der Waals surface area contributed by atoms with Gasteiger partial charge in [-0.05, 0) is 338 Å². The summed E-state index contributed by atoms with van der Waals surface area (Å²) in [6.07, 6.45) is 52.2. The van der Waals surface area contributed by atoms with Gasteiger partial charge in [0.1, 0.15) is 11.5 Å². The minimum absolute atomic E-state index is 0.0956. The Labute approximate surface area is 866 Å². The molecule has 4 aliphatic rings. The number of unbranched alkanes of at least 4 members (excludes halogenated alkanes) is 20. The number of rotatable bonds is 48. The van der Waals surface area contributed by atoms with Crippen LogP contribution in [0.1, 0.15) is 384 Å². The number of anilines is 3. The maximum absolute atomic E-state index is 6.37. The molecular formula is C115H156B2Br4INO6PoS2. The Morgan fingerprint density at radius 2 is 0.735 bits per heavy atom. The molecule has 0 radical (unpaired) electrons. The minimum atomic E-state index is -0.392. The third-order valence-electron chi connectivity index (χ3n) is 29.0. The molecule has 2 saturated heterocycles. The Morgan fingerprint density at radius 1 is 0.386 bits per heavy atom. The van der Waals surface area contributed by atoms with E-state index in [4.69, 9.17) is 28.1 Å². The van der Waals surface area contributed by atoms with Crippen LogP contribution in [0.25, 0.3) is 46.6 Å². The van der Waals surface area contributed by atoms with Crippen molar-refractivity contribution in [2.24, 2.45) is 11.8 Å². The van der Waals surface area contributed by atoms with Gasteiger partial charge in [-0.2, -0.15) is 0 Å². The number of halogens is 5. The monoisotopic (exact) mass is 2380 g/mol. The van der Waals surface area contributed by atoms with Crippen molar-refractivity contribution in [3.63, 3.8) is 0 Å². The van der Waals surface area contributed by atoms with Crippen molar-refractivity contribution in [1.29, 1.82) is 0 Å². The Kier molecular flexibility index (Phi) is 45.0. The summed E-state index contributed by atoms with van der Waals surface area (Å²) in [4.78, 5) is 4.65. The van der Waals surface area contributed by atoms with E-state index in [9.17, 15) is 0 Å². The molecule has 2 aromatic heterocycles. The van der Waals surface area contributed by atoms with E-state index in [-0.39, 0.29) is 33.2 Å². The van der Waals surface area contributed by atoms with Gasteiger partial charge in [-0.1, -0.05) is 316 Å². The molecule has 17 heteroatoms. The first-order chi connectivity index (χ1) is 63.4. The molecule has 2 unspecified atom stereocenters. The third-order valence-corrected chi connectivity index (χ3v) is 33.2. The zero-order valence-corrected chi connectivity index (χ0v) is 96.9. The molecule has 0 saturated carbocycles. The zero-order valence-electron chi connectivity index (χ0n) is 83.3. The van der Waals surface area contributed by atoms with E-state index in [1.807, 2.05) is 0 Å². The predicted octanol–water partition coefficient (Wildman–Crippen LogP) is 37.2. The molecule has 2 aliphatic heterocycles. The molecule has 7 nitrogen and oxygen atoms in total. The van der Waals surface area contributed by atoms with E-state index in [2.05, 4.69) is 386 Å². The van der Waals surface area contributed by atoms with E-state index in [1.165, 1.54) is 255 Å². The van der Waals surface area contributed by atoms with Crippen molar-refractivity contribution < 1.29 is 28.1 Å². The van der Waals surface area contributed by atoms with E-state index in [0.29, 0.717) is 18.4 Å². The van der Waals surface area contributed by atoms with Gasteiger partial charge in [0.2, 0.25) is 0 Å². The van der Waals surface area contributed by atoms with Crippen LogP contribution in [0.15, 0.2) is 174 Å². The zero-order chi connectivity index (χ0) is 95.2. The number of nitrogens with zero attached hydrogens (tertiary/aromatic N) is 1. The summed E-state index contributed by atoms with van der Waals surface area (Å²) >= 11 is 22.1. The molecule has 716 valence electrons. The fourth-order valence-corrected chi connectivity index (χ4v) is 22.8. The van der Waals surface area contributed by atoms with Crippen molar-refractivity contribution >= 4 is 192 Å². The molecular weight excluding hydrogens is 2230 g/mol. The molecule has 0 spiro atoms. The standard InChI is InChI=1S/C52H76Br2.C34H45B2NO4.C29H34Br2O2S2.HI.Po.H/c1-5-9-13-17-21-25-33-51(34-26-22-18-14-10-6-2)47-37-41(53)29-31-43(47)45-40-50-46(39-49(45)51)44-32-30-42(54)38-48(44)52(50,35-27-23-19-15-11-7-3)36-28-24-20-16-12-8-4;1-11-24(2)25-12-18-28(19-13-25)37(29-20-14-26(15-21-29)35-38-31(3,4)32(5,6)39-35)30-22-16-27(17-23-30)36-40-33(7,8)34(9,10)41-36;1-20(2)6-5-7-21(3)16-17-33-27-19-22(8-10-24-12-14-28(30)34-24)26(32-4)18-23(27)9-11-25-13-15-29(31)35-25;;;/h29-32,37-40H,5-28,33-36H2,1-4H3;12-24H,11H2,1-10H3;8-15,18-21H,5-7,16-17H2,1-4H3;1H;;/q;;;;+1;/p-1/b;;10-8+,11-9+;;;. The van der Waals surface area contributed by atoms with Gasteiger partial charge in [0.05, 0.1) is 43.7 Å². The molecule has 7 aromatic carbocycles. The second-order valence-corrected chi connectivity index (χ2v) is 47.1. The van der Waals surface area contributed by atoms with E-state index in [1.54, 1.807) is 63.2 Å². The number of methoxy groups -OCH3 is 1. The summed E-state index contributed by atoms with van der Waals surface area (Å²) in [5.41, 5.74) is 20.0. The van der Waals surface area contributed by atoms with Gasteiger partial charge in [-0.25, -0.2) is 0 Å². The first kappa shape index (κ1) is 110.